The summed E-state index contributed by atoms with van der Waals surface area (Å²) in [4.78, 5) is 8.35. The average Bonchev–Trinajstić information content (AvgIpc) is 2.39. The van der Waals surface area contributed by atoms with Gasteiger partial charge in [-0.15, -0.1) is 0 Å². The number of aryl methyl sites for hydroxylation is 1. The van der Waals surface area contributed by atoms with Gasteiger partial charge in [0.25, 0.3) is 0 Å². The molecule has 2 aromatic heterocycles. The van der Waals surface area contributed by atoms with Crippen molar-refractivity contribution in [3.05, 3.63) is 59.4 Å². The molecule has 0 aliphatic heterocycles. The number of aromatic nitrogens is 2. The lowest BCUT2D eigenvalue weighted by molar-refractivity contribution is 0.497. The van der Waals surface area contributed by atoms with Crippen LogP contribution in [0.3, 0.4) is 0 Å². The van der Waals surface area contributed by atoms with Crippen LogP contribution >= 0.6 is 0 Å². The lowest BCUT2D eigenvalue weighted by atomic mass is 9.85. The Balaban J connectivity index is 2.47. The number of nitrogens with zero attached hydrogens (tertiary/aromatic N) is 2. The minimum Gasteiger partial charge on any atom is -0.316 e. The van der Waals surface area contributed by atoms with Gasteiger partial charge in [0.15, 0.2) is 0 Å². The zero-order chi connectivity index (χ0) is 13.2. The van der Waals surface area contributed by atoms with Crippen LogP contribution in [0.4, 0.5) is 4.39 Å². The minimum absolute atomic E-state index is 0.362. The molecular formula is C14H16FN3. The molecule has 4 heteroatoms. The molecule has 0 fully saturated rings. The standard InChI is InChI=1S/C14H16FN3/c1-3-14(16,11-5-4-10(2)17-8-11)13-7-6-12(15)9-18-13/h4-9H,3,16H2,1-2H3. The Kier molecular flexibility index (Phi) is 3.39. The molecule has 0 aliphatic carbocycles. The van der Waals surface area contributed by atoms with E-state index >= 15 is 0 Å². The van der Waals surface area contributed by atoms with Crippen LogP contribution in [0.1, 0.15) is 30.3 Å². The normalized spacial score (nSPS) is 14.2. The van der Waals surface area contributed by atoms with Crippen molar-refractivity contribution in [2.24, 2.45) is 5.73 Å². The highest BCUT2D eigenvalue weighted by molar-refractivity contribution is 5.32. The van der Waals surface area contributed by atoms with Crippen LogP contribution in [0.2, 0.25) is 0 Å². The van der Waals surface area contributed by atoms with Crippen LogP contribution in [-0.2, 0) is 5.54 Å². The summed E-state index contributed by atoms with van der Waals surface area (Å²) in [6, 6.07) is 6.85. The maximum absolute atomic E-state index is 12.9. The summed E-state index contributed by atoms with van der Waals surface area (Å²) in [5, 5.41) is 0. The second-order valence-electron chi connectivity index (χ2n) is 4.37. The molecule has 94 valence electrons. The quantitative estimate of drug-likeness (QED) is 0.904. The van der Waals surface area contributed by atoms with Gasteiger partial charge in [-0.05, 0) is 37.1 Å². The van der Waals surface area contributed by atoms with Crippen LogP contribution in [0, 0.1) is 12.7 Å². The van der Waals surface area contributed by atoms with Gasteiger partial charge in [-0.25, -0.2) is 4.39 Å². The fourth-order valence-corrected chi connectivity index (χ4v) is 1.90. The molecule has 0 radical (unpaired) electrons. The zero-order valence-electron chi connectivity index (χ0n) is 10.5. The topological polar surface area (TPSA) is 51.8 Å². The van der Waals surface area contributed by atoms with Crippen LogP contribution in [0.5, 0.6) is 0 Å². The molecule has 0 bridgehead atoms. The Morgan fingerprint density at radius 3 is 2.44 bits per heavy atom. The highest BCUT2D eigenvalue weighted by Crippen LogP contribution is 2.28. The Hall–Kier alpha value is -1.81. The molecule has 1 atom stereocenters. The summed E-state index contributed by atoms with van der Waals surface area (Å²) in [5.74, 6) is -0.362. The van der Waals surface area contributed by atoms with Gasteiger partial charge < -0.3 is 5.73 Å². The van der Waals surface area contributed by atoms with E-state index in [1.807, 2.05) is 26.0 Å². The smallest absolute Gasteiger partial charge is 0.141 e. The first-order chi connectivity index (χ1) is 8.56. The maximum atomic E-state index is 12.9. The fraction of sp³-hybridized carbons (Fsp3) is 0.286. The van der Waals surface area contributed by atoms with Crippen LogP contribution < -0.4 is 5.73 Å². The van der Waals surface area contributed by atoms with Gasteiger partial charge in [-0.1, -0.05) is 13.0 Å². The Bertz CT molecular complexity index is 474. The number of nitrogens with two attached hydrogens (primary N) is 1. The molecule has 18 heavy (non-hydrogen) atoms. The summed E-state index contributed by atoms with van der Waals surface area (Å²) in [5.41, 5.74) is 8.16. The molecule has 0 aromatic carbocycles. The lowest BCUT2D eigenvalue weighted by Crippen LogP contribution is -2.38. The largest absolute Gasteiger partial charge is 0.316 e. The third kappa shape index (κ3) is 2.24. The molecule has 3 nitrogen and oxygen atoms in total. The van der Waals surface area contributed by atoms with E-state index in [9.17, 15) is 4.39 Å². The predicted octanol–water partition coefficient (Wildman–Crippen LogP) is 2.54. The summed E-state index contributed by atoms with van der Waals surface area (Å²) < 4.78 is 12.9. The Morgan fingerprint density at radius 1 is 1.17 bits per heavy atom. The summed E-state index contributed by atoms with van der Waals surface area (Å²) >= 11 is 0. The SMILES string of the molecule is CCC(N)(c1ccc(C)nc1)c1ccc(F)cn1. The molecule has 2 heterocycles. The van der Waals surface area contributed by atoms with Gasteiger partial charge >= 0.3 is 0 Å². The lowest BCUT2D eigenvalue weighted by Gasteiger charge is -2.27. The van der Waals surface area contributed by atoms with Crippen LogP contribution in [0.25, 0.3) is 0 Å². The van der Waals surface area contributed by atoms with Crippen molar-refractivity contribution in [2.45, 2.75) is 25.8 Å². The monoisotopic (exact) mass is 245 g/mol. The summed E-state index contributed by atoms with van der Waals surface area (Å²) in [6.07, 6.45) is 3.61. The first-order valence-corrected chi connectivity index (χ1v) is 5.90. The average molecular weight is 245 g/mol. The Labute approximate surface area is 106 Å². The van der Waals surface area contributed by atoms with Gasteiger partial charge in [-0.2, -0.15) is 0 Å². The van der Waals surface area contributed by atoms with E-state index < -0.39 is 5.54 Å². The summed E-state index contributed by atoms with van der Waals surface area (Å²) in [6.45, 7) is 3.90. The van der Waals surface area contributed by atoms with E-state index in [0.29, 0.717) is 12.1 Å². The molecular weight excluding hydrogens is 229 g/mol. The molecule has 2 N–H and O–H groups in total. The molecule has 2 aromatic rings. The number of hydrogen-bond donors (Lipinski definition) is 1. The van der Waals surface area contributed by atoms with Gasteiger partial charge in [0.2, 0.25) is 0 Å². The number of pyridine rings is 2. The van der Waals surface area contributed by atoms with Crippen LogP contribution in [0.15, 0.2) is 36.7 Å². The number of halogens is 1. The first-order valence-electron chi connectivity index (χ1n) is 5.90. The molecule has 2 rings (SSSR count). The second-order valence-corrected chi connectivity index (χ2v) is 4.37. The third-order valence-electron chi connectivity index (χ3n) is 3.17. The molecule has 1 unspecified atom stereocenters. The molecule has 0 aliphatic rings. The number of hydrogen-bond acceptors (Lipinski definition) is 3. The minimum atomic E-state index is -0.728. The number of rotatable bonds is 3. The van der Waals surface area contributed by atoms with E-state index in [4.69, 9.17) is 5.73 Å². The third-order valence-corrected chi connectivity index (χ3v) is 3.17. The van der Waals surface area contributed by atoms with Gasteiger partial charge in [0, 0.05) is 11.9 Å². The van der Waals surface area contributed by atoms with Crippen molar-refractivity contribution in [1.29, 1.82) is 0 Å². The highest BCUT2D eigenvalue weighted by atomic mass is 19.1. The predicted molar refractivity (Wildman–Crippen MR) is 68.4 cm³/mol. The van der Waals surface area contributed by atoms with Crippen molar-refractivity contribution in [3.8, 4) is 0 Å². The molecule has 0 amide bonds. The van der Waals surface area contributed by atoms with Crippen LogP contribution in [-0.4, -0.2) is 9.97 Å². The van der Waals surface area contributed by atoms with E-state index in [0.717, 1.165) is 11.3 Å². The van der Waals surface area contributed by atoms with Crippen molar-refractivity contribution in [3.63, 3.8) is 0 Å². The first kappa shape index (κ1) is 12.6. The van der Waals surface area contributed by atoms with Crippen molar-refractivity contribution < 1.29 is 4.39 Å². The van der Waals surface area contributed by atoms with E-state index in [2.05, 4.69) is 9.97 Å². The Morgan fingerprint density at radius 2 is 1.94 bits per heavy atom. The molecule has 0 saturated heterocycles. The van der Waals surface area contributed by atoms with E-state index in [1.54, 1.807) is 12.3 Å². The van der Waals surface area contributed by atoms with Gasteiger partial charge in [-0.3, -0.25) is 9.97 Å². The zero-order valence-corrected chi connectivity index (χ0v) is 10.5. The fourth-order valence-electron chi connectivity index (χ4n) is 1.90. The van der Waals surface area contributed by atoms with E-state index in [1.165, 1.54) is 12.3 Å². The second kappa shape index (κ2) is 4.82. The highest BCUT2D eigenvalue weighted by Gasteiger charge is 2.29. The maximum Gasteiger partial charge on any atom is 0.141 e. The molecule has 0 saturated carbocycles. The van der Waals surface area contributed by atoms with Crippen molar-refractivity contribution in [2.75, 3.05) is 0 Å². The van der Waals surface area contributed by atoms with Gasteiger partial charge in [0.05, 0.1) is 17.4 Å². The van der Waals surface area contributed by atoms with E-state index in [-0.39, 0.29) is 5.82 Å². The molecule has 0 spiro atoms. The van der Waals surface area contributed by atoms with Gasteiger partial charge in [0.1, 0.15) is 5.82 Å². The van der Waals surface area contributed by atoms with Crippen molar-refractivity contribution >= 4 is 0 Å². The summed E-state index contributed by atoms with van der Waals surface area (Å²) in [7, 11) is 0. The van der Waals surface area contributed by atoms with Crippen molar-refractivity contribution in [1.82, 2.24) is 9.97 Å².